The van der Waals surface area contributed by atoms with Crippen LogP contribution in [0.4, 0.5) is 5.82 Å². The minimum Gasteiger partial charge on any atom is -0.463 e. The van der Waals surface area contributed by atoms with Gasteiger partial charge in [0.25, 0.3) is 0 Å². The van der Waals surface area contributed by atoms with Crippen LogP contribution in [-0.2, 0) is 5.60 Å². The highest BCUT2D eigenvalue weighted by molar-refractivity contribution is 5.79. The number of hydrogen-bond acceptors (Lipinski definition) is 5. The smallest absolute Gasteiger partial charge is 0.191 e. The molecule has 0 aliphatic carbocycles. The lowest BCUT2D eigenvalue weighted by Gasteiger charge is -2.19. The van der Waals surface area contributed by atoms with Gasteiger partial charge < -0.3 is 25.5 Å². The first-order valence-electron chi connectivity index (χ1n) is 9.47. The van der Waals surface area contributed by atoms with Crippen molar-refractivity contribution in [2.75, 3.05) is 31.5 Å². The fourth-order valence-corrected chi connectivity index (χ4v) is 2.52. The molecule has 148 valence electrons. The fraction of sp³-hybridized carbons (Fsp3) is 0.500. The van der Waals surface area contributed by atoms with Gasteiger partial charge in [0.05, 0.1) is 6.54 Å². The van der Waals surface area contributed by atoms with Gasteiger partial charge in [0.2, 0.25) is 0 Å². The van der Waals surface area contributed by atoms with Crippen LogP contribution >= 0.6 is 0 Å². The summed E-state index contributed by atoms with van der Waals surface area (Å²) in [6.45, 7) is 8.24. The minimum absolute atomic E-state index is 0.219. The highest BCUT2D eigenvalue weighted by Crippen LogP contribution is 2.22. The average Bonchev–Trinajstić information content (AvgIpc) is 3.11. The third kappa shape index (κ3) is 7.30. The first-order valence-corrected chi connectivity index (χ1v) is 9.47. The van der Waals surface area contributed by atoms with Gasteiger partial charge in [0.1, 0.15) is 22.9 Å². The van der Waals surface area contributed by atoms with Crippen molar-refractivity contribution < 1.29 is 9.52 Å². The Hall–Kier alpha value is -2.54. The molecule has 2 rings (SSSR count). The molecule has 7 heteroatoms. The normalized spacial score (nSPS) is 13.9. The Bertz CT molecular complexity index is 697. The maximum Gasteiger partial charge on any atom is 0.191 e. The number of furan rings is 1. The van der Waals surface area contributed by atoms with Crippen molar-refractivity contribution in [2.24, 2.45) is 4.99 Å². The Morgan fingerprint density at radius 1 is 1.19 bits per heavy atom. The number of pyridine rings is 1. The molecule has 27 heavy (non-hydrogen) atoms. The zero-order chi connectivity index (χ0) is 19.5. The second-order valence-electron chi connectivity index (χ2n) is 6.65. The van der Waals surface area contributed by atoms with Crippen LogP contribution in [0.5, 0.6) is 0 Å². The van der Waals surface area contributed by atoms with Gasteiger partial charge >= 0.3 is 0 Å². The molecular formula is C20H31N5O2. The first-order chi connectivity index (χ1) is 13.0. The van der Waals surface area contributed by atoms with E-state index in [1.807, 2.05) is 38.1 Å². The highest BCUT2D eigenvalue weighted by atomic mass is 16.4. The van der Waals surface area contributed by atoms with Crippen LogP contribution in [0.15, 0.2) is 45.9 Å². The molecule has 2 aromatic heterocycles. The molecule has 0 bridgehead atoms. The summed E-state index contributed by atoms with van der Waals surface area (Å²) >= 11 is 0. The largest absolute Gasteiger partial charge is 0.463 e. The molecule has 2 aromatic rings. The Morgan fingerprint density at radius 2 is 2.00 bits per heavy atom. The molecule has 4 N–H and O–H groups in total. The van der Waals surface area contributed by atoms with Crippen LogP contribution in [0.25, 0.3) is 0 Å². The van der Waals surface area contributed by atoms with Crippen LogP contribution in [-0.4, -0.2) is 42.2 Å². The molecule has 0 amide bonds. The third-order valence-corrected chi connectivity index (χ3v) is 4.03. The second kappa shape index (κ2) is 10.6. The zero-order valence-electron chi connectivity index (χ0n) is 16.5. The summed E-state index contributed by atoms with van der Waals surface area (Å²) < 4.78 is 5.53. The van der Waals surface area contributed by atoms with E-state index in [2.05, 4.69) is 25.9 Å². The highest BCUT2D eigenvalue weighted by Gasteiger charge is 2.26. The topological polar surface area (TPSA) is 94.7 Å². The third-order valence-electron chi connectivity index (χ3n) is 4.03. The van der Waals surface area contributed by atoms with Gasteiger partial charge in [-0.05, 0) is 57.9 Å². The Kier molecular flexibility index (Phi) is 8.13. The molecule has 1 unspecified atom stereocenters. The number of rotatable bonds is 10. The van der Waals surface area contributed by atoms with E-state index in [1.54, 1.807) is 19.2 Å². The molecule has 0 aliphatic rings. The van der Waals surface area contributed by atoms with Crippen molar-refractivity contribution in [3.63, 3.8) is 0 Å². The predicted octanol–water partition coefficient (Wildman–Crippen LogP) is 2.64. The maximum atomic E-state index is 10.6. The van der Waals surface area contributed by atoms with Crippen LogP contribution < -0.4 is 16.0 Å². The Labute approximate surface area is 161 Å². The molecule has 0 radical (unpaired) electrons. The van der Waals surface area contributed by atoms with Crippen LogP contribution in [0.3, 0.4) is 0 Å². The summed E-state index contributed by atoms with van der Waals surface area (Å²) in [6, 6.07) is 9.46. The summed E-state index contributed by atoms with van der Waals surface area (Å²) in [5.41, 5.74) is -1.14. The van der Waals surface area contributed by atoms with Crippen molar-refractivity contribution in [3.8, 4) is 0 Å². The van der Waals surface area contributed by atoms with Gasteiger partial charge in [-0.2, -0.15) is 0 Å². The lowest BCUT2D eigenvalue weighted by Crippen LogP contribution is -2.39. The second-order valence-corrected chi connectivity index (χ2v) is 6.65. The van der Waals surface area contributed by atoms with E-state index in [1.165, 1.54) is 0 Å². The zero-order valence-corrected chi connectivity index (χ0v) is 16.5. The number of aryl methyl sites for hydroxylation is 1. The average molecular weight is 374 g/mol. The molecule has 0 aromatic carbocycles. The van der Waals surface area contributed by atoms with Crippen LogP contribution in [0, 0.1) is 6.92 Å². The lowest BCUT2D eigenvalue weighted by molar-refractivity contribution is 0.0428. The molecule has 0 saturated carbocycles. The molecule has 0 aliphatic heterocycles. The van der Waals surface area contributed by atoms with E-state index in [9.17, 15) is 5.11 Å². The number of aromatic nitrogens is 1. The number of nitrogens with one attached hydrogen (secondary N) is 3. The van der Waals surface area contributed by atoms with Crippen molar-refractivity contribution in [1.82, 2.24) is 15.6 Å². The number of aliphatic hydroxyl groups is 1. The van der Waals surface area contributed by atoms with Crippen LogP contribution in [0.2, 0.25) is 0 Å². The number of hydrogen-bond donors (Lipinski definition) is 4. The van der Waals surface area contributed by atoms with Gasteiger partial charge in [0.15, 0.2) is 5.96 Å². The van der Waals surface area contributed by atoms with E-state index < -0.39 is 5.60 Å². The van der Waals surface area contributed by atoms with Gasteiger partial charge in [-0.3, -0.25) is 0 Å². The lowest BCUT2D eigenvalue weighted by atomic mass is 10.0. The molecular weight excluding hydrogens is 342 g/mol. The summed E-state index contributed by atoms with van der Waals surface area (Å²) in [5, 5.41) is 20.4. The van der Waals surface area contributed by atoms with Gasteiger partial charge in [-0.25, -0.2) is 9.98 Å². The van der Waals surface area contributed by atoms with E-state index in [0.29, 0.717) is 11.7 Å². The number of unbranched alkanes of at least 4 members (excludes halogenated alkanes) is 1. The van der Waals surface area contributed by atoms with E-state index in [0.717, 1.165) is 44.1 Å². The molecule has 7 nitrogen and oxygen atoms in total. The molecule has 0 spiro atoms. The van der Waals surface area contributed by atoms with Crippen LogP contribution in [0.1, 0.15) is 38.2 Å². The number of anilines is 1. The van der Waals surface area contributed by atoms with E-state index >= 15 is 0 Å². The van der Waals surface area contributed by atoms with Crippen molar-refractivity contribution in [2.45, 2.75) is 39.2 Å². The molecule has 0 fully saturated rings. The van der Waals surface area contributed by atoms with Crippen molar-refractivity contribution in [1.29, 1.82) is 0 Å². The Morgan fingerprint density at radius 3 is 2.67 bits per heavy atom. The summed E-state index contributed by atoms with van der Waals surface area (Å²) in [4.78, 5) is 8.73. The SMILES string of the molecule is CCNC(=NCC(C)(O)c1ccc(C)o1)NCCCCNc1ccccn1. The standard InChI is InChI=1S/C20H31N5O2/c1-4-21-19(25-15-20(3,26)17-11-10-16(2)27-17)24-14-8-7-13-23-18-9-5-6-12-22-18/h5-6,9-12,26H,4,7-8,13-15H2,1-3H3,(H,22,23)(H2,21,24,25). The maximum absolute atomic E-state index is 10.6. The molecule has 2 heterocycles. The first kappa shape index (κ1) is 20.8. The summed E-state index contributed by atoms with van der Waals surface area (Å²) in [7, 11) is 0. The van der Waals surface area contributed by atoms with Gasteiger partial charge in [-0.15, -0.1) is 0 Å². The predicted molar refractivity (Wildman–Crippen MR) is 109 cm³/mol. The van der Waals surface area contributed by atoms with Crippen molar-refractivity contribution in [3.05, 3.63) is 48.0 Å². The summed E-state index contributed by atoms with van der Waals surface area (Å²) in [5.74, 6) is 2.90. The Balaban J connectivity index is 1.73. The van der Waals surface area contributed by atoms with E-state index in [-0.39, 0.29) is 6.54 Å². The molecule has 1 atom stereocenters. The number of aliphatic imine (C=N–C) groups is 1. The fourth-order valence-electron chi connectivity index (χ4n) is 2.52. The van der Waals surface area contributed by atoms with Gasteiger partial charge in [0, 0.05) is 25.8 Å². The monoisotopic (exact) mass is 373 g/mol. The van der Waals surface area contributed by atoms with E-state index in [4.69, 9.17) is 4.42 Å². The molecule has 0 saturated heterocycles. The van der Waals surface area contributed by atoms with Crippen molar-refractivity contribution >= 4 is 11.8 Å². The number of nitrogens with zero attached hydrogens (tertiary/aromatic N) is 2. The quantitative estimate of drug-likeness (QED) is 0.291. The summed E-state index contributed by atoms with van der Waals surface area (Å²) in [6.07, 6.45) is 3.80. The number of guanidine groups is 1. The van der Waals surface area contributed by atoms with Gasteiger partial charge in [-0.1, -0.05) is 6.07 Å². The minimum atomic E-state index is -1.14.